The fourth-order valence-electron chi connectivity index (χ4n) is 2.69. The Labute approximate surface area is 103 Å². The van der Waals surface area contributed by atoms with Crippen LogP contribution in [0, 0.1) is 11.8 Å². The third-order valence-electron chi connectivity index (χ3n) is 3.77. The maximum absolute atomic E-state index is 12.0. The van der Waals surface area contributed by atoms with Crippen LogP contribution in [-0.4, -0.2) is 35.5 Å². The first-order valence-corrected chi connectivity index (χ1v) is 6.44. The zero-order valence-electron chi connectivity index (χ0n) is 11.4. The molecule has 4 unspecified atom stereocenters. The molecule has 1 amide bonds. The fourth-order valence-corrected chi connectivity index (χ4v) is 2.69. The SMILES string of the molecule is CC1OC2C(CCN2C(=O)OC(C)(C)C)C1C. The smallest absolute Gasteiger partial charge is 0.412 e. The van der Waals surface area contributed by atoms with Crippen LogP contribution in [-0.2, 0) is 9.47 Å². The Bertz CT molecular complexity index is 310. The van der Waals surface area contributed by atoms with E-state index in [9.17, 15) is 4.79 Å². The quantitative estimate of drug-likeness (QED) is 0.654. The summed E-state index contributed by atoms with van der Waals surface area (Å²) in [5.74, 6) is 0.991. The van der Waals surface area contributed by atoms with E-state index in [0.29, 0.717) is 11.8 Å². The van der Waals surface area contributed by atoms with E-state index < -0.39 is 5.60 Å². The van der Waals surface area contributed by atoms with Crippen molar-refractivity contribution in [2.45, 2.75) is 59.0 Å². The number of hydrogen-bond acceptors (Lipinski definition) is 3. The lowest BCUT2D eigenvalue weighted by atomic mass is 9.91. The number of nitrogens with zero attached hydrogens (tertiary/aromatic N) is 1. The molecule has 0 bridgehead atoms. The van der Waals surface area contributed by atoms with Gasteiger partial charge in [-0.15, -0.1) is 0 Å². The standard InChI is InChI=1S/C13H23NO3/c1-8-9(2)16-11-10(8)6-7-14(11)12(15)17-13(3,4)5/h8-11H,6-7H2,1-5H3. The Morgan fingerprint density at radius 2 is 2.00 bits per heavy atom. The van der Waals surface area contributed by atoms with Gasteiger partial charge in [0, 0.05) is 12.5 Å². The van der Waals surface area contributed by atoms with E-state index in [1.54, 1.807) is 4.90 Å². The van der Waals surface area contributed by atoms with Crippen molar-refractivity contribution in [1.82, 2.24) is 4.90 Å². The molecule has 2 fully saturated rings. The highest BCUT2D eigenvalue weighted by atomic mass is 16.6. The van der Waals surface area contributed by atoms with Gasteiger partial charge in [0.25, 0.3) is 0 Å². The normalized spacial score (nSPS) is 37.1. The third kappa shape index (κ3) is 2.41. The van der Waals surface area contributed by atoms with Gasteiger partial charge in [0.15, 0.2) is 0 Å². The van der Waals surface area contributed by atoms with Gasteiger partial charge in [-0.1, -0.05) is 6.92 Å². The van der Waals surface area contributed by atoms with Crippen molar-refractivity contribution in [3.63, 3.8) is 0 Å². The molecule has 4 atom stereocenters. The molecule has 2 saturated heterocycles. The first-order valence-electron chi connectivity index (χ1n) is 6.44. The third-order valence-corrected chi connectivity index (χ3v) is 3.77. The van der Waals surface area contributed by atoms with Crippen molar-refractivity contribution in [3.05, 3.63) is 0 Å². The van der Waals surface area contributed by atoms with Crippen molar-refractivity contribution < 1.29 is 14.3 Å². The molecule has 0 aliphatic carbocycles. The largest absolute Gasteiger partial charge is 0.444 e. The predicted octanol–water partition coefficient (Wildman–Crippen LogP) is 2.62. The summed E-state index contributed by atoms with van der Waals surface area (Å²) in [5, 5.41) is 0. The Hall–Kier alpha value is -0.770. The minimum absolute atomic E-state index is 0.0742. The summed E-state index contributed by atoms with van der Waals surface area (Å²) in [5.41, 5.74) is -0.439. The summed E-state index contributed by atoms with van der Waals surface area (Å²) in [6.07, 6.45) is 0.937. The molecule has 2 heterocycles. The Morgan fingerprint density at radius 1 is 1.35 bits per heavy atom. The maximum Gasteiger partial charge on any atom is 0.412 e. The lowest BCUT2D eigenvalue weighted by molar-refractivity contribution is -0.0520. The van der Waals surface area contributed by atoms with Crippen molar-refractivity contribution in [2.24, 2.45) is 11.8 Å². The second kappa shape index (κ2) is 4.16. The number of likely N-dealkylation sites (tertiary alicyclic amines) is 1. The van der Waals surface area contributed by atoms with E-state index in [0.717, 1.165) is 13.0 Å². The van der Waals surface area contributed by atoms with Gasteiger partial charge in [-0.3, -0.25) is 4.90 Å². The maximum atomic E-state index is 12.0. The summed E-state index contributed by atoms with van der Waals surface area (Å²) in [6, 6.07) is 0. The highest BCUT2D eigenvalue weighted by Gasteiger charge is 2.49. The summed E-state index contributed by atoms with van der Waals surface area (Å²) < 4.78 is 11.3. The van der Waals surface area contributed by atoms with E-state index in [4.69, 9.17) is 9.47 Å². The highest BCUT2D eigenvalue weighted by molar-refractivity contribution is 5.68. The molecule has 2 rings (SSSR count). The molecule has 2 aliphatic heterocycles. The van der Waals surface area contributed by atoms with Crippen molar-refractivity contribution in [1.29, 1.82) is 0 Å². The Balaban J connectivity index is 2.02. The molecule has 0 N–H and O–H groups in total. The minimum atomic E-state index is -0.439. The molecule has 2 aliphatic rings. The molecule has 0 aromatic heterocycles. The van der Waals surface area contributed by atoms with Crippen LogP contribution in [0.15, 0.2) is 0 Å². The number of rotatable bonds is 0. The van der Waals surface area contributed by atoms with Crippen LogP contribution in [0.4, 0.5) is 4.79 Å². The minimum Gasteiger partial charge on any atom is -0.444 e. The van der Waals surface area contributed by atoms with Gasteiger partial charge in [-0.25, -0.2) is 4.79 Å². The van der Waals surface area contributed by atoms with Crippen LogP contribution >= 0.6 is 0 Å². The molecular weight excluding hydrogens is 218 g/mol. The average Bonchev–Trinajstić information content (AvgIpc) is 2.67. The molecule has 0 spiro atoms. The second-order valence-electron chi connectivity index (χ2n) is 6.22. The lowest BCUT2D eigenvalue weighted by Gasteiger charge is -2.28. The molecule has 0 aromatic carbocycles. The second-order valence-corrected chi connectivity index (χ2v) is 6.22. The molecule has 0 saturated carbocycles. The number of hydrogen-bond donors (Lipinski definition) is 0. The zero-order valence-corrected chi connectivity index (χ0v) is 11.4. The number of amides is 1. The van der Waals surface area contributed by atoms with Gasteiger partial charge < -0.3 is 9.47 Å². The highest BCUT2D eigenvalue weighted by Crippen LogP contribution is 2.41. The number of ether oxygens (including phenoxy) is 2. The van der Waals surface area contributed by atoms with Crippen molar-refractivity contribution >= 4 is 6.09 Å². The first kappa shape index (κ1) is 12.7. The van der Waals surface area contributed by atoms with Gasteiger partial charge in [-0.2, -0.15) is 0 Å². The van der Waals surface area contributed by atoms with Crippen LogP contribution in [0.1, 0.15) is 41.0 Å². The van der Waals surface area contributed by atoms with E-state index in [1.165, 1.54) is 0 Å². The van der Waals surface area contributed by atoms with Crippen LogP contribution in [0.5, 0.6) is 0 Å². The summed E-state index contributed by atoms with van der Waals surface area (Å²) in [7, 11) is 0. The van der Waals surface area contributed by atoms with Gasteiger partial charge in [0.1, 0.15) is 11.8 Å². The van der Waals surface area contributed by atoms with Crippen molar-refractivity contribution in [3.8, 4) is 0 Å². The molecular formula is C13H23NO3. The molecule has 4 nitrogen and oxygen atoms in total. The van der Waals surface area contributed by atoms with E-state index >= 15 is 0 Å². The predicted molar refractivity (Wildman–Crippen MR) is 64.5 cm³/mol. The van der Waals surface area contributed by atoms with E-state index in [2.05, 4.69) is 13.8 Å². The van der Waals surface area contributed by atoms with Gasteiger partial charge in [0.2, 0.25) is 0 Å². The molecule has 4 heteroatoms. The van der Waals surface area contributed by atoms with Gasteiger partial charge >= 0.3 is 6.09 Å². The average molecular weight is 241 g/mol. The molecule has 0 aromatic rings. The lowest BCUT2D eigenvalue weighted by Crippen LogP contribution is -2.41. The fraction of sp³-hybridized carbons (Fsp3) is 0.923. The van der Waals surface area contributed by atoms with E-state index in [-0.39, 0.29) is 18.4 Å². The van der Waals surface area contributed by atoms with Crippen LogP contribution in [0.25, 0.3) is 0 Å². The monoisotopic (exact) mass is 241 g/mol. The Morgan fingerprint density at radius 3 is 2.59 bits per heavy atom. The molecule has 17 heavy (non-hydrogen) atoms. The summed E-state index contributed by atoms with van der Waals surface area (Å²) in [6.45, 7) is 10.7. The topological polar surface area (TPSA) is 38.8 Å². The molecule has 98 valence electrons. The van der Waals surface area contributed by atoms with Gasteiger partial charge in [-0.05, 0) is 40.0 Å². The van der Waals surface area contributed by atoms with Crippen molar-refractivity contribution in [2.75, 3.05) is 6.54 Å². The Kier molecular flexibility index (Phi) is 3.10. The van der Waals surface area contributed by atoms with Crippen LogP contribution in [0.2, 0.25) is 0 Å². The number of fused-ring (bicyclic) bond motifs is 1. The molecule has 0 radical (unpaired) electrons. The number of carbonyl (C=O) groups excluding carboxylic acids is 1. The van der Waals surface area contributed by atoms with Crippen LogP contribution in [0.3, 0.4) is 0 Å². The van der Waals surface area contributed by atoms with Crippen LogP contribution < -0.4 is 0 Å². The zero-order chi connectivity index (χ0) is 12.8. The summed E-state index contributed by atoms with van der Waals surface area (Å²) >= 11 is 0. The van der Waals surface area contributed by atoms with E-state index in [1.807, 2.05) is 20.8 Å². The van der Waals surface area contributed by atoms with Gasteiger partial charge in [0.05, 0.1) is 6.10 Å². The number of carbonyl (C=O) groups is 1. The first-order chi connectivity index (χ1) is 7.79. The summed E-state index contributed by atoms with van der Waals surface area (Å²) in [4.78, 5) is 13.8.